The van der Waals surface area contributed by atoms with Crippen LogP contribution in [0.3, 0.4) is 0 Å². The van der Waals surface area contributed by atoms with Crippen LogP contribution < -0.4 is 0 Å². The molecule has 0 aliphatic heterocycles. The van der Waals surface area contributed by atoms with Crippen molar-refractivity contribution in [3.05, 3.63) is 0 Å². The highest BCUT2D eigenvalue weighted by molar-refractivity contribution is 5.71. The van der Waals surface area contributed by atoms with E-state index in [4.69, 9.17) is 0 Å². The van der Waals surface area contributed by atoms with Gasteiger partial charge in [0.05, 0.1) is 5.92 Å². The molecular formula is C16H29NO2. The maximum Gasteiger partial charge on any atom is 0.308 e. The van der Waals surface area contributed by atoms with Gasteiger partial charge in [0.25, 0.3) is 0 Å². The fraction of sp³-hybridized carbons (Fsp3) is 0.938. The summed E-state index contributed by atoms with van der Waals surface area (Å²) in [5.74, 6) is 0.0105. The molecule has 0 bridgehead atoms. The lowest BCUT2D eigenvalue weighted by Crippen LogP contribution is -2.46. The first-order valence-electron chi connectivity index (χ1n) is 8.08. The normalized spacial score (nSPS) is 28.6. The van der Waals surface area contributed by atoms with Gasteiger partial charge in [0.2, 0.25) is 0 Å². The van der Waals surface area contributed by atoms with E-state index in [2.05, 4.69) is 18.7 Å². The Morgan fingerprint density at radius 2 is 1.84 bits per heavy atom. The Hall–Kier alpha value is -0.570. The quantitative estimate of drug-likeness (QED) is 0.800. The fourth-order valence-corrected chi connectivity index (χ4v) is 3.89. The smallest absolute Gasteiger partial charge is 0.308 e. The van der Waals surface area contributed by atoms with Crippen LogP contribution in [0.1, 0.15) is 65.2 Å². The molecule has 2 aliphatic carbocycles. The van der Waals surface area contributed by atoms with E-state index in [1.807, 2.05) is 0 Å². The van der Waals surface area contributed by atoms with Crippen molar-refractivity contribution in [2.24, 2.45) is 11.8 Å². The first-order chi connectivity index (χ1) is 9.09. The summed E-state index contributed by atoms with van der Waals surface area (Å²) in [6, 6.07) is 0.961. The van der Waals surface area contributed by atoms with Crippen molar-refractivity contribution in [2.45, 2.75) is 77.3 Å². The number of carboxylic acid groups (broad SMARTS) is 1. The van der Waals surface area contributed by atoms with E-state index in [1.54, 1.807) is 0 Å². The summed E-state index contributed by atoms with van der Waals surface area (Å²) in [5.41, 5.74) is 0. The van der Waals surface area contributed by atoms with Crippen LogP contribution >= 0.6 is 0 Å². The number of hydrogen-bond donors (Lipinski definition) is 1. The molecule has 0 aromatic rings. The Morgan fingerprint density at radius 3 is 2.42 bits per heavy atom. The number of carbonyl (C=O) groups is 1. The van der Waals surface area contributed by atoms with Gasteiger partial charge in [-0.15, -0.1) is 0 Å². The summed E-state index contributed by atoms with van der Waals surface area (Å²) >= 11 is 0. The van der Waals surface area contributed by atoms with Gasteiger partial charge >= 0.3 is 5.97 Å². The van der Waals surface area contributed by atoms with Gasteiger partial charge in [-0.3, -0.25) is 9.69 Å². The maximum absolute atomic E-state index is 11.4. The summed E-state index contributed by atoms with van der Waals surface area (Å²) in [6.07, 6.45) is 9.46. The molecule has 0 aromatic heterocycles. The third-order valence-corrected chi connectivity index (χ3v) is 4.98. The molecule has 0 spiro atoms. The Kier molecular flexibility index (Phi) is 5.26. The van der Waals surface area contributed by atoms with Gasteiger partial charge in [-0.25, -0.2) is 0 Å². The third kappa shape index (κ3) is 3.71. The van der Waals surface area contributed by atoms with E-state index in [9.17, 15) is 9.90 Å². The van der Waals surface area contributed by atoms with Crippen LogP contribution in [0.15, 0.2) is 0 Å². The van der Waals surface area contributed by atoms with Crippen LogP contribution in [-0.2, 0) is 4.79 Å². The molecule has 3 nitrogen and oxygen atoms in total. The molecule has 0 heterocycles. The molecule has 0 aromatic carbocycles. The molecule has 2 unspecified atom stereocenters. The SMILES string of the molecule is CC(C)CCN(C1CCCC1)C1CCCC1C(=O)O. The van der Waals surface area contributed by atoms with Gasteiger partial charge in [0, 0.05) is 12.1 Å². The van der Waals surface area contributed by atoms with Gasteiger partial charge in [-0.2, -0.15) is 0 Å². The molecule has 1 N–H and O–H groups in total. The largest absolute Gasteiger partial charge is 0.481 e. The summed E-state index contributed by atoms with van der Waals surface area (Å²) in [6.45, 7) is 5.61. The van der Waals surface area contributed by atoms with Crippen molar-refractivity contribution in [3.8, 4) is 0 Å². The minimum absolute atomic E-state index is 0.118. The van der Waals surface area contributed by atoms with Gasteiger partial charge in [0.15, 0.2) is 0 Å². The molecule has 19 heavy (non-hydrogen) atoms. The first-order valence-corrected chi connectivity index (χ1v) is 8.08. The highest BCUT2D eigenvalue weighted by Crippen LogP contribution is 2.35. The molecule has 3 heteroatoms. The van der Waals surface area contributed by atoms with Crippen LogP contribution in [-0.4, -0.2) is 34.6 Å². The average molecular weight is 267 g/mol. The predicted octanol–water partition coefficient (Wildman–Crippen LogP) is 3.53. The second-order valence-electron chi connectivity index (χ2n) is 6.80. The Morgan fingerprint density at radius 1 is 1.16 bits per heavy atom. The fourth-order valence-electron chi connectivity index (χ4n) is 3.89. The second kappa shape index (κ2) is 6.74. The van der Waals surface area contributed by atoms with E-state index < -0.39 is 5.97 Å². The lowest BCUT2D eigenvalue weighted by molar-refractivity contribution is -0.143. The zero-order valence-corrected chi connectivity index (χ0v) is 12.5. The number of carboxylic acids is 1. The van der Waals surface area contributed by atoms with E-state index in [0.29, 0.717) is 18.0 Å². The van der Waals surface area contributed by atoms with Crippen molar-refractivity contribution in [1.82, 2.24) is 4.90 Å². The van der Waals surface area contributed by atoms with E-state index in [0.717, 1.165) is 25.8 Å². The Bertz CT molecular complexity index is 297. The highest BCUT2D eigenvalue weighted by atomic mass is 16.4. The van der Waals surface area contributed by atoms with E-state index in [1.165, 1.54) is 32.1 Å². The van der Waals surface area contributed by atoms with Gasteiger partial charge in [-0.05, 0) is 44.6 Å². The van der Waals surface area contributed by atoms with Crippen molar-refractivity contribution in [1.29, 1.82) is 0 Å². The molecule has 2 rings (SSSR count). The van der Waals surface area contributed by atoms with Crippen molar-refractivity contribution >= 4 is 5.97 Å². The Labute approximate surface area is 117 Å². The lowest BCUT2D eigenvalue weighted by atomic mass is 9.98. The standard InChI is InChI=1S/C16H29NO2/c1-12(2)10-11-17(13-6-3-4-7-13)15-9-5-8-14(15)16(18)19/h12-15H,3-11H2,1-2H3,(H,18,19). The highest BCUT2D eigenvalue weighted by Gasteiger charge is 2.39. The molecular weight excluding hydrogens is 238 g/mol. The van der Waals surface area contributed by atoms with Crippen LogP contribution in [0.25, 0.3) is 0 Å². The molecule has 110 valence electrons. The zero-order valence-electron chi connectivity index (χ0n) is 12.5. The first kappa shape index (κ1) is 14.8. The summed E-state index contributed by atoms with van der Waals surface area (Å²) in [4.78, 5) is 14.0. The molecule has 2 aliphatic rings. The van der Waals surface area contributed by atoms with Gasteiger partial charge < -0.3 is 5.11 Å². The number of nitrogens with zero attached hydrogens (tertiary/aromatic N) is 1. The van der Waals surface area contributed by atoms with E-state index >= 15 is 0 Å². The topological polar surface area (TPSA) is 40.5 Å². The minimum atomic E-state index is -0.574. The van der Waals surface area contributed by atoms with Crippen LogP contribution in [0.4, 0.5) is 0 Å². The molecule has 2 fully saturated rings. The zero-order chi connectivity index (χ0) is 13.8. The van der Waals surface area contributed by atoms with Gasteiger partial charge in [0.1, 0.15) is 0 Å². The number of aliphatic carboxylic acids is 1. The van der Waals surface area contributed by atoms with Gasteiger partial charge in [-0.1, -0.05) is 33.1 Å². The molecule has 2 atom stereocenters. The number of hydrogen-bond acceptors (Lipinski definition) is 2. The molecule has 0 amide bonds. The van der Waals surface area contributed by atoms with E-state index in [-0.39, 0.29) is 5.92 Å². The minimum Gasteiger partial charge on any atom is -0.481 e. The monoisotopic (exact) mass is 267 g/mol. The maximum atomic E-state index is 11.4. The van der Waals surface area contributed by atoms with Crippen LogP contribution in [0.2, 0.25) is 0 Å². The molecule has 2 saturated carbocycles. The summed E-state index contributed by atoms with van der Waals surface area (Å²) in [7, 11) is 0. The Balaban J connectivity index is 2.04. The summed E-state index contributed by atoms with van der Waals surface area (Å²) in [5, 5.41) is 9.43. The lowest BCUT2D eigenvalue weighted by Gasteiger charge is -2.37. The summed E-state index contributed by atoms with van der Waals surface area (Å²) < 4.78 is 0. The number of rotatable bonds is 6. The predicted molar refractivity (Wildman–Crippen MR) is 77.2 cm³/mol. The molecule has 0 radical (unpaired) electrons. The average Bonchev–Trinajstić information content (AvgIpc) is 2.98. The van der Waals surface area contributed by atoms with Crippen LogP contribution in [0.5, 0.6) is 0 Å². The molecule has 0 saturated heterocycles. The van der Waals surface area contributed by atoms with Crippen LogP contribution in [0, 0.1) is 11.8 Å². The van der Waals surface area contributed by atoms with Crippen molar-refractivity contribution < 1.29 is 9.90 Å². The van der Waals surface area contributed by atoms with Crippen molar-refractivity contribution in [2.75, 3.05) is 6.54 Å². The van der Waals surface area contributed by atoms with Crippen molar-refractivity contribution in [3.63, 3.8) is 0 Å². The third-order valence-electron chi connectivity index (χ3n) is 4.98. The second-order valence-corrected chi connectivity index (χ2v) is 6.80.